The molecule has 0 unspecified atom stereocenters. The van der Waals surface area contributed by atoms with Crippen LogP contribution in [0.3, 0.4) is 0 Å². The van der Waals surface area contributed by atoms with E-state index in [9.17, 15) is 14.0 Å². The number of amides is 1. The summed E-state index contributed by atoms with van der Waals surface area (Å²) in [5.41, 5.74) is 2.36. The van der Waals surface area contributed by atoms with Crippen LogP contribution < -0.4 is 11.0 Å². The summed E-state index contributed by atoms with van der Waals surface area (Å²) in [5, 5.41) is 11.0. The first-order chi connectivity index (χ1) is 16.5. The van der Waals surface area contributed by atoms with E-state index in [1.54, 1.807) is 30.3 Å². The third-order valence-electron chi connectivity index (χ3n) is 5.26. The van der Waals surface area contributed by atoms with E-state index in [1.165, 1.54) is 22.7 Å². The molecule has 0 bridgehead atoms. The molecular weight excluding hydrogens is 439 g/mol. The van der Waals surface area contributed by atoms with Crippen LogP contribution >= 0.6 is 0 Å². The molecule has 1 N–H and O–H groups in total. The first kappa shape index (κ1) is 21.3. The fourth-order valence-electron chi connectivity index (χ4n) is 3.59. The number of carbonyl (C=O) groups excluding carboxylic acids is 1. The third kappa shape index (κ3) is 4.08. The van der Waals surface area contributed by atoms with Gasteiger partial charge in [0.25, 0.3) is 5.89 Å². The number of nitrogens with one attached hydrogen (secondary N) is 1. The van der Waals surface area contributed by atoms with Crippen LogP contribution in [0.5, 0.6) is 0 Å². The average Bonchev–Trinajstić information content (AvgIpc) is 3.45. The van der Waals surface area contributed by atoms with Gasteiger partial charge < -0.3 is 9.84 Å². The minimum atomic E-state index is -0.487. The van der Waals surface area contributed by atoms with Crippen LogP contribution in [0.1, 0.15) is 12.5 Å². The minimum Gasteiger partial charge on any atom is -0.333 e. The zero-order valence-corrected chi connectivity index (χ0v) is 18.1. The molecular formula is C24H19FN6O3. The number of hydrogen-bond donors (Lipinski definition) is 1. The van der Waals surface area contributed by atoms with Crippen LogP contribution in [-0.2, 0) is 17.8 Å². The Labute approximate surface area is 192 Å². The van der Waals surface area contributed by atoms with Crippen molar-refractivity contribution < 1.29 is 13.7 Å². The fraction of sp³-hybridized carbons (Fsp3) is 0.125. The Morgan fingerprint density at radius 2 is 1.97 bits per heavy atom. The summed E-state index contributed by atoms with van der Waals surface area (Å²) in [6, 6.07) is 16.6. The third-order valence-corrected chi connectivity index (χ3v) is 5.26. The SMILES string of the molecule is CCc1cccc(NC(=O)Cn2nc3c(-c4nc(-c5cccc(F)c5)no4)cccn3c2=O)c1. The smallest absolute Gasteiger partial charge is 0.333 e. The van der Waals surface area contributed by atoms with Crippen molar-refractivity contribution in [3.05, 3.63) is 88.7 Å². The molecule has 1 amide bonds. The highest BCUT2D eigenvalue weighted by Gasteiger charge is 2.19. The lowest BCUT2D eigenvalue weighted by Gasteiger charge is -2.06. The van der Waals surface area contributed by atoms with Crippen molar-refractivity contribution in [2.75, 3.05) is 5.32 Å². The number of nitrogens with zero attached hydrogens (tertiary/aromatic N) is 5. The number of halogens is 1. The zero-order valence-electron chi connectivity index (χ0n) is 18.1. The number of fused-ring (bicyclic) bond motifs is 1. The van der Waals surface area contributed by atoms with Crippen molar-refractivity contribution >= 4 is 17.2 Å². The summed E-state index contributed by atoms with van der Waals surface area (Å²) in [7, 11) is 0. The molecule has 0 aliphatic rings. The van der Waals surface area contributed by atoms with Gasteiger partial charge in [-0.1, -0.05) is 36.3 Å². The Bertz CT molecular complexity index is 1570. The number of anilines is 1. The molecule has 0 radical (unpaired) electrons. The van der Waals surface area contributed by atoms with Gasteiger partial charge in [-0.25, -0.2) is 18.3 Å². The largest absolute Gasteiger partial charge is 0.350 e. The van der Waals surface area contributed by atoms with Crippen LogP contribution in [0.25, 0.3) is 28.5 Å². The summed E-state index contributed by atoms with van der Waals surface area (Å²) in [5.74, 6) is -0.489. The van der Waals surface area contributed by atoms with Crippen molar-refractivity contribution in [3.8, 4) is 22.8 Å². The maximum absolute atomic E-state index is 13.5. The van der Waals surface area contributed by atoms with Crippen molar-refractivity contribution in [3.63, 3.8) is 0 Å². The van der Waals surface area contributed by atoms with E-state index < -0.39 is 11.5 Å². The predicted octanol–water partition coefficient (Wildman–Crippen LogP) is 3.55. The fourth-order valence-corrected chi connectivity index (χ4v) is 3.59. The monoisotopic (exact) mass is 458 g/mol. The topological polar surface area (TPSA) is 107 Å². The molecule has 3 aromatic heterocycles. The number of carbonyl (C=O) groups is 1. The first-order valence-corrected chi connectivity index (χ1v) is 10.6. The molecule has 0 fully saturated rings. The number of aryl methyl sites for hydroxylation is 1. The minimum absolute atomic E-state index is 0.114. The van der Waals surface area contributed by atoms with Gasteiger partial charge in [0.1, 0.15) is 12.4 Å². The highest BCUT2D eigenvalue weighted by molar-refractivity contribution is 5.90. The molecule has 2 aromatic carbocycles. The highest BCUT2D eigenvalue weighted by atomic mass is 19.1. The summed E-state index contributed by atoms with van der Waals surface area (Å²) in [4.78, 5) is 29.7. The summed E-state index contributed by atoms with van der Waals surface area (Å²) in [6.45, 7) is 1.76. The van der Waals surface area contributed by atoms with Gasteiger partial charge in [0.05, 0.1) is 5.56 Å². The molecule has 170 valence electrons. The Kier molecular flexibility index (Phi) is 5.46. The molecule has 0 saturated heterocycles. The summed E-state index contributed by atoms with van der Waals surface area (Å²) < 4.78 is 21.3. The van der Waals surface area contributed by atoms with Gasteiger partial charge in [0, 0.05) is 17.4 Å². The Hall–Kier alpha value is -4.60. The van der Waals surface area contributed by atoms with Crippen molar-refractivity contribution in [1.29, 1.82) is 0 Å². The highest BCUT2D eigenvalue weighted by Crippen LogP contribution is 2.24. The lowest BCUT2D eigenvalue weighted by molar-refractivity contribution is -0.117. The summed E-state index contributed by atoms with van der Waals surface area (Å²) in [6.07, 6.45) is 2.38. The number of pyridine rings is 1. The first-order valence-electron chi connectivity index (χ1n) is 10.6. The molecule has 0 aliphatic carbocycles. The lowest BCUT2D eigenvalue weighted by atomic mass is 10.1. The van der Waals surface area contributed by atoms with E-state index in [0.29, 0.717) is 16.8 Å². The van der Waals surface area contributed by atoms with Crippen LogP contribution in [0.15, 0.2) is 76.2 Å². The molecule has 5 aromatic rings. The lowest BCUT2D eigenvalue weighted by Crippen LogP contribution is -2.28. The number of benzene rings is 2. The van der Waals surface area contributed by atoms with E-state index in [2.05, 4.69) is 20.6 Å². The Balaban J connectivity index is 1.44. The summed E-state index contributed by atoms with van der Waals surface area (Å²) >= 11 is 0. The number of aromatic nitrogens is 5. The maximum atomic E-state index is 13.5. The second-order valence-corrected chi connectivity index (χ2v) is 7.59. The molecule has 0 saturated carbocycles. The number of hydrogen-bond acceptors (Lipinski definition) is 6. The van der Waals surface area contributed by atoms with Gasteiger partial charge in [0.2, 0.25) is 11.7 Å². The quantitative estimate of drug-likeness (QED) is 0.417. The predicted molar refractivity (Wildman–Crippen MR) is 123 cm³/mol. The second-order valence-electron chi connectivity index (χ2n) is 7.59. The van der Waals surface area contributed by atoms with Crippen LogP contribution in [0.2, 0.25) is 0 Å². The van der Waals surface area contributed by atoms with E-state index in [4.69, 9.17) is 4.52 Å². The zero-order chi connectivity index (χ0) is 23.7. The standard InChI is InChI=1S/C24H19FN6O3/c1-2-15-6-3-9-18(12-15)26-20(32)14-31-24(33)30-11-5-10-19(22(30)28-31)23-27-21(29-34-23)16-7-4-8-17(25)13-16/h3-13H,2,14H2,1H3,(H,26,32). The van der Waals surface area contributed by atoms with Gasteiger partial charge in [-0.2, -0.15) is 4.98 Å². The molecule has 3 heterocycles. The molecule has 5 rings (SSSR count). The second kappa shape index (κ2) is 8.74. The van der Waals surface area contributed by atoms with Gasteiger partial charge in [-0.3, -0.25) is 4.79 Å². The van der Waals surface area contributed by atoms with E-state index in [0.717, 1.165) is 16.7 Å². The average molecular weight is 458 g/mol. The maximum Gasteiger partial charge on any atom is 0.350 e. The van der Waals surface area contributed by atoms with Crippen molar-refractivity contribution in [2.24, 2.45) is 0 Å². The van der Waals surface area contributed by atoms with Crippen molar-refractivity contribution in [2.45, 2.75) is 19.9 Å². The Morgan fingerprint density at radius 1 is 1.12 bits per heavy atom. The molecule has 34 heavy (non-hydrogen) atoms. The number of rotatable bonds is 6. The van der Waals surface area contributed by atoms with Gasteiger partial charge in [0.15, 0.2) is 5.65 Å². The van der Waals surface area contributed by atoms with Crippen molar-refractivity contribution in [1.82, 2.24) is 24.3 Å². The van der Waals surface area contributed by atoms with E-state index in [1.807, 2.05) is 25.1 Å². The van der Waals surface area contributed by atoms with E-state index >= 15 is 0 Å². The molecule has 0 atom stereocenters. The van der Waals surface area contributed by atoms with Gasteiger partial charge >= 0.3 is 5.69 Å². The van der Waals surface area contributed by atoms with Crippen LogP contribution in [0.4, 0.5) is 10.1 Å². The van der Waals surface area contributed by atoms with Gasteiger partial charge in [-0.05, 0) is 48.4 Å². The molecule has 9 nitrogen and oxygen atoms in total. The molecule has 10 heteroatoms. The Morgan fingerprint density at radius 3 is 2.79 bits per heavy atom. The molecule has 0 spiro atoms. The van der Waals surface area contributed by atoms with Crippen LogP contribution in [0, 0.1) is 5.82 Å². The van der Waals surface area contributed by atoms with Crippen LogP contribution in [-0.4, -0.2) is 30.2 Å². The van der Waals surface area contributed by atoms with Gasteiger partial charge in [-0.15, -0.1) is 5.10 Å². The van der Waals surface area contributed by atoms with E-state index in [-0.39, 0.29) is 29.8 Å². The molecule has 0 aliphatic heterocycles. The normalized spacial score (nSPS) is 11.1.